The van der Waals surface area contributed by atoms with Crippen molar-refractivity contribution in [1.82, 2.24) is 9.55 Å². The minimum atomic E-state index is 0.645. The highest BCUT2D eigenvalue weighted by molar-refractivity contribution is 6.12. The van der Waals surface area contributed by atoms with E-state index < -0.39 is 0 Å². The zero-order valence-corrected chi connectivity index (χ0v) is 28.6. The second-order valence-electron chi connectivity index (χ2n) is 13.6. The maximum absolute atomic E-state index is 6.35. The first-order valence-electron chi connectivity index (χ1n) is 18.0. The summed E-state index contributed by atoms with van der Waals surface area (Å²) in [5.41, 5.74) is 10.5. The van der Waals surface area contributed by atoms with Crippen molar-refractivity contribution < 1.29 is 4.42 Å². The highest BCUT2D eigenvalue weighted by Gasteiger charge is 2.21. The van der Waals surface area contributed by atoms with Crippen LogP contribution in [0.2, 0.25) is 0 Å². The fraction of sp³-hybridized carbons (Fsp3) is 0. The molecule has 4 nitrogen and oxygen atoms in total. The molecule has 0 bridgehead atoms. The third-order valence-electron chi connectivity index (χ3n) is 10.6. The van der Waals surface area contributed by atoms with Gasteiger partial charge in [-0.3, -0.25) is 0 Å². The number of furan rings is 1. The van der Waals surface area contributed by atoms with E-state index in [0.717, 1.165) is 44.5 Å². The van der Waals surface area contributed by atoms with Gasteiger partial charge in [0.05, 0.1) is 22.4 Å². The van der Waals surface area contributed by atoms with Gasteiger partial charge >= 0.3 is 0 Å². The van der Waals surface area contributed by atoms with Crippen molar-refractivity contribution >= 4 is 82.5 Å². The Balaban J connectivity index is 1.16. The number of para-hydroxylation sites is 2. The third-order valence-corrected chi connectivity index (χ3v) is 10.6. The Kier molecular flexibility index (Phi) is 6.52. The molecule has 4 heteroatoms. The molecule has 11 aromatic rings. The Morgan fingerprint density at radius 2 is 1.09 bits per heavy atom. The molecular weight excluding hydrogens is 647 g/mol. The van der Waals surface area contributed by atoms with Crippen LogP contribution in [0, 0.1) is 0 Å². The number of nitrogens with zero attached hydrogens (tertiary/aromatic N) is 3. The maximum atomic E-state index is 6.35. The Hall–Kier alpha value is -7.17. The minimum absolute atomic E-state index is 0.645. The van der Waals surface area contributed by atoms with Gasteiger partial charge in [0.1, 0.15) is 5.58 Å². The quantitative estimate of drug-likeness (QED) is 0.182. The fourth-order valence-corrected chi connectivity index (χ4v) is 8.19. The lowest BCUT2D eigenvalue weighted by atomic mass is 10.00. The van der Waals surface area contributed by atoms with Crippen molar-refractivity contribution in [1.29, 1.82) is 0 Å². The lowest BCUT2D eigenvalue weighted by molar-refractivity contribution is 0.654. The van der Waals surface area contributed by atoms with Gasteiger partial charge in [-0.1, -0.05) is 109 Å². The van der Waals surface area contributed by atoms with Crippen LogP contribution in [0.15, 0.2) is 193 Å². The molecule has 0 aliphatic carbocycles. The van der Waals surface area contributed by atoms with Gasteiger partial charge in [-0.15, -0.1) is 0 Å². The summed E-state index contributed by atoms with van der Waals surface area (Å²) in [5, 5.41) is 9.25. The van der Waals surface area contributed by atoms with Crippen LogP contribution in [0.1, 0.15) is 0 Å². The van der Waals surface area contributed by atoms with E-state index in [0.29, 0.717) is 5.71 Å². The number of hydrogen-bond acceptors (Lipinski definition) is 3. The number of hydrogen-bond donors (Lipinski definition) is 0. The molecule has 11 rings (SSSR count). The molecular formula is C49H31N3O. The molecule has 0 atom stereocenters. The van der Waals surface area contributed by atoms with E-state index in [-0.39, 0.29) is 0 Å². The summed E-state index contributed by atoms with van der Waals surface area (Å²) in [6.07, 6.45) is 1.78. The molecule has 3 heterocycles. The molecule has 0 aliphatic heterocycles. The monoisotopic (exact) mass is 677 g/mol. The predicted molar refractivity (Wildman–Crippen MR) is 221 cm³/mol. The van der Waals surface area contributed by atoms with Gasteiger partial charge in [0.25, 0.3) is 0 Å². The Morgan fingerprint density at radius 3 is 1.91 bits per heavy atom. The lowest BCUT2D eigenvalue weighted by Gasteiger charge is -2.28. The molecule has 53 heavy (non-hydrogen) atoms. The first kappa shape index (κ1) is 29.5. The summed E-state index contributed by atoms with van der Waals surface area (Å²) in [6, 6.07) is 65.3. The smallest absolute Gasteiger partial charge is 0.227 e. The Morgan fingerprint density at radius 1 is 0.434 bits per heavy atom. The second kappa shape index (κ2) is 11.7. The van der Waals surface area contributed by atoms with Gasteiger partial charge in [-0.05, 0) is 88.6 Å². The number of rotatable bonds is 5. The molecule has 0 spiro atoms. The van der Waals surface area contributed by atoms with E-state index in [9.17, 15) is 0 Å². The van der Waals surface area contributed by atoms with Gasteiger partial charge in [0.15, 0.2) is 0 Å². The molecule has 0 unspecified atom stereocenters. The highest BCUT2D eigenvalue weighted by atomic mass is 16.3. The minimum Gasteiger partial charge on any atom is -0.438 e. The number of benzene rings is 8. The molecule has 8 aromatic carbocycles. The Bertz CT molecular complexity index is 3140. The molecule has 0 amide bonds. The van der Waals surface area contributed by atoms with Crippen molar-refractivity contribution in [3.05, 3.63) is 188 Å². The van der Waals surface area contributed by atoms with E-state index in [1.54, 1.807) is 6.20 Å². The van der Waals surface area contributed by atoms with E-state index in [4.69, 9.17) is 4.42 Å². The molecule has 0 fully saturated rings. The molecule has 0 saturated carbocycles. The first-order valence-corrected chi connectivity index (χ1v) is 18.0. The van der Waals surface area contributed by atoms with E-state index in [2.05, 4.69) is 190 Å². The maximum Gasteiger partial charge on any atom is 0.227 e. The molecule has 0 saturated heterocycles. The number of pyridine rings is 1. The molecule has 248 valence electrons. The van der Waals surface area contributed by atoms with Crippen molar-refractivity contribution in [2.75, 3.05) is 4.90 Å². The standard InChI is InChI=1S/C49H31N3O/c1-2-11-32(12-3-1)34-21-20-33-22-23-36(30-35(33)29-34)51(37-24-25-42-43-17-10-28-50-49(43)53-48(42)31-37)46-26-27-47(41-14-5-4-13-40(41)46)52-44-18-8-6-15-38(44)39-16-7-9-19-45(39)52/h1-31H. The zero-order chi connectivity index (χ0) is 34.9. The van der Waals surface area contributed by atoms with Crippen LogP contribution in [0.3, 0.4) is 0 Å². The van der Waals surface area contributed by atoms with Crippen LogP contribution in [-0.2, 0) is 0 Å². The van der Waals surface area contributed by atoms with Crippen LogP contribution in [0.5, 0.6) is 0 Å². The summed E-state index contributed by atoms with van der Waals surface area (Å²) >= 11 is 0. The SMILES string of the molecule is c1ccc(-c2ccc3ccc(N(c4ccc5c(c4)oc4ncccc45)c4ccc(-n5c6ccccc6c6ccccc65)c5ccccc45)cc3c2)cc1. The van der Waals surface area contributed by atoms with Crippen molar-refractivity contribution in [3.8, 4) is 16.8 Å². The average molecular weight is 678 g/mol. The lowest BCUT2D eigenvalue weighted by Crippen LogP contribution is -2.11. The van der Waals surface area contributed by atoms with E-state index >= 15 is 0 Å². The molecule has 0 N–H and O–H groups in total. The third kappa shape index (κ3) is 4.66. The number of anilines is 3. The molecule has 3 aromatic heterocycles. The van der Waals surface area contributed by atoms with Crippen molar-refractivity contribution in [2.45, 2.75) is 0 Å². The number of fused-ring (bicyclic) bond motifs is 8. The van der Waals surface area contributed by atoms with Gasteiger partial charge < -0.3 is 13.9 Å². The predicted octanol–water partition coefficient (Wildman–Crippen LogP) is 13.5. The van der Waals surface area contributed by atoms with E-state index in [1.165, 1.54) is 49.1 Å². The van der Waals surface area contributed by atoms with Gasteiger partial charge in [0.2, 0.25) is 5.71 Å². The van der Waals surface area contributed by atoms with Crippen molar-refractivity contribution in [2.24, 2.45) is 0 Å². The van der Waals surface area contributed by atoms with Crippen LogP contribution in [0.25, 0.3) is 82.2 Å². The fourth-order valence-electron chi connectivity index (χ4n) is 8.19. The highest BCUT2D eigenvalue weighted by Crippen LogP contribution is 2.44. The van der Waals surface area contributed by atoms with Crippen LogP contribution in [-0.4, -0.2) is 9.55 Å². The summed E-state index contributed by atoms with van der Waals surface area (Å²) in [5.74, 6) is 0. The Labute approximate surface area is 305 Å². The van der Waals surface area contributed by atoms with Crippen molar-refractivity contribution in [3.63, 3.8) is 0 Å². The summed E-state index contributed by atoms with van der Waals surface area (Å²) < 4.78 is 8.76. The van der Waals surface area contributed by atoms with Gasteiger partial charge in [0, 0.05) is 56.0 Å². The normalized spacial score (nSPS) is 11.8. The van der Waals surface area contributed by atoms with Crippen LogP contribution >= 0.6 is 0 Å². The van der Waals surface area contributed by atoms with Gasteiger partial charge in [-0.25, -0.2) is 4.98 Å². The molecule has 0 radical (unpaired) electrons. The zero-order valence-electron chi connectivity index (χ0n) is 28.6. The molecule has 0 aliphatic rings. The first-order chi connectivity index (χ1) is 26.3. The summed E-state index contributed by atoms with van der Waals surface area (Å²) in [7, 11) is 0. The average Bonchev–Trinajstić information content (AvgIpc) is 3.76. The van der Waals surface area contributed by atoms with E-state index in [1.807, 2.05) is 6.07 Å². The van der Waals surface area contributed by atoms with Crippen LogP contribution in [0.4, 0.5) is 17.1 Å². The number of aromatic nitrogens is 2. The largest absolute Gasteiger partial charge is 0.438 e. The second-order valence-corrected chi connectivity index (χ2v) is 13.6. The summed E-state index contributed by atoms with van der Waals surface area (Å²) in [6.45, 7) is 0. The van der Waals surface area contributed by atoms with Gasteiger partial charge in [-0.2, -0.15) is 0 Å². The summed E-state index contributed by atoms with van der Waals surface area (Å²) in [4.78, 5) is 6.88. The van der Waals surface area contributed by atoms with Crippen LogP contribution < -0.4 is 4.90 Å². The topological polar surface area (TPSA) is 34.2 Å².